The van der Waals surface area contributed by atoms with Crippen LogP contribution in [0.15, 0.2) is 65.7 Å². The summed E-state index contributed by atoms with van der Waals surface area (Å²) in [4.78, 5) is 5.60. The Labute approximate surface area is 158 Å². The fraction of sp³-hybridized carbons (Fsp3) is 0.318. The summed E-state index contributed by atoms with van der Waals surface area (Å²) in [5.74, 6) is 1.74. The van der Waals surface area contributed by atoms with Crippen molar-refractivity contribution in [3.05, 3.63) is 66.4 Å². The minimum absolute atomic E-state index is 0.0698. The minimum atomic E-state index is -0.340. The number of aliphatic hydroxyl groups excluding tert-OH is 1. The number of benzene rings is 2. The number of hydrogen-bond donors (Lipinski definition) is 1. The third-order valence-corrected chi connectivity index (χ3v) is 5.90. The molecule has 1 aliphatic carbocycles. The van der Waals surface area contributed by atoms with Crippen molar-refractivity contribution in [1.29, 1.82) is 0 Å². The molecule has 0 bridgehead atoms. The van der Waals surface area contributed by atoms with E-state index < -0.39 is 0 Å². The van der Waals surface area contributed by atoms with Gasteiger partial charge in [0, 0.05) is 22.2 Å². The van der Waals surface area contributed by atoms with Crippen LogP contribution in [0.4, 0.5) is 0 Å². The summed E-state index contributed by atoms with van der Waals surface area (Å²) in [6.07, 6.45) is 5.42. The van der Waals surface area contributed by atoms with Gasteiger partial charge in [0.25, 0.3) is 0 Å². The summed E-state index contributed by atoms with van der Waals surface area (Å²) in [6.45, 7) is 0. The van der Waals surface area contributed by atoms with Crippen LogP contribution in [0.25, 0.3) is 10.9 Å². The first-order valence-electron chi connectivity index (χ1n) is 9.19. The van der Waals surface area contributed by atoms with Crippen molar-refractivity contribution in [3.63, 3.8) is 0 Å². The number of thioether (sulfide) groups is 1. The molecule has 1 fully saturated rings. The van der Waals surface area contributed by atoms with E-state index >= 15 is 0 Å². The van der Waals surface area contributed by atoms with E-state index in [4.69, 9.17) is 4.74 Å². The highest BCUT2D eigenvalue weighted by Gasteiger charge is 2.24. The zero-order chi connectivity index (χ0) is 17.8. The largest absolute Gasteiger partial charge is 0.488 e. The van der Waals surface area contributed by atoms with Crippen LogP contribution >= 0.6 is 11.8 Å². The minimum Gasteiger partial charge on any atom is -0.488 e. The van der Waals surface area contributed by atoms with Crippen LogP contribution in [-0.4, -0.2) is 22.3 Å². The Kier molecular flexibility index (Phi) is 5.42. The summed E-state index contributed by atoms with van der Waals surface area (Å²) < 4.78 is 6.05. The highest BCUT2D eigenvalue weighted by molar-refractivity contribution is 7.98. The van der Waals surface area contributed by atoms with Gasteiger partial charge in [-0.1, -0.05) is 24.6 Å². The molecule has 1 aliphatic rings. The van der Waals surface area contributed by atoms with Gasteiger partial charge < -0.3 is 9.84 Å². The summed E-state index contributed by atoms with van der Waals surface area (Å²) in [6, 6.07) is 18.7. The fourth-order valence-electron chi connectivity index (χ4n) is 3.41. The molecule has 3 nitrogen and oxygen atoms in total. The zero-order valence-electron chi connectivity index (χ0n) is 14.7. The predicted octanol–water partition coefficient (Wildman–Crippen LogP) is 5.21. The number of fused-ring (bicyclic) bond motifs is 1. The molecule has 0 radical (unpaired) electrons. The molecule has 26 heavy (non-hydrogen) atoms. The number of hydrogen-bond acceptors (Lipinski definition) is 4. The number of ether oxygens (including phenoxy) is 1. The molecule has 134 valence electrons. The van der Waals surface area contributed by atoms with E-state index in [0.29, 0.717) is 0 Å². The van der Waals surface area contributed by atoms with E-state index in [1.54, 1.807) is 0 Å². The quantitative estimate of drug-likeness (QED) is 0.630. The van der Waals surface area contributed by atoms with E-state index in [0.717, 1.165) is 42.7 Å². The van der Waals surface area contributed by atoms with Crippen molar-refractivity contribution in [1.82, 2.24) is 4.98 Å². The maximum absolute atomic E-state index is 10.1. The molecule has 1 saturated carbocycles. The average molecular weight is 365 g/mol. The average Bonchev–Trinajstić information content (AvgIpc) is 2.68. The fourth-order valence-corrected chi connectivity index (χ4v) is 4.30. The van der Waals surface area contributed by atoms with E-state index in [1.165, 1.54) is 15.8 Å². The van der Waals surface area contributed by atoms with Crippen LogP contribution in [0.5, 0.6) is 5.75 Å². The Morgan fingerprint density at radius 3 is 2.88 bits per heavy atom. The molecule has 2 atom stereocenters. The van der Waals surface area contributed by atoms with Gasteiger partial charge in [-0.15, -0.1) is 11.8 Å². The van der Waals surface area contributed by atoms with Crippen molar-refractivity contribution in [2.45, 2.75) is 48.5 Å². The van der Waals surface area contributed by atoms with Crippen molar-refractivity contribution < 1.29 is 9.84 Å². The van der Waals surface area contributed by atoms with Gasteiger partial charge in [-0.25, -0.2) is 0 Å². The van der Waals surface area contributed by atoms with Gasteiger partial charge in [0.2, 0.25) is 0 Å². The van der Waals surface area contributed by atoms with Crippen LogP contribution in [0.3, 0.4) is 0 Å². The smallest absolute Gasteiger partial charge is 0.124 e. The second kappa shape index (κ2) is 8.11. The molecular weight excluding hydrogens is 342 g/mol. The van der Waals surface area contributed by atoms with Crippen molar-refractivity contribution in [2.24, 2.45) is 0 Å². The second-order valence-electron chi connectivity index (χ2n) is 6.80. The summed E-state index contributed by atoms with van der Waals surface area (Å²) in [5.41, 5.74) is 2.25. The third kappa shape index (κ3) is 4.19. The number of rotatable bonds is 5. The maximum atomic E-state index is 10.1. The highest BCUT2D eigenvalue weighted by Crippen LogP contribution is 2.28. The molecule has 4 rings (SSSR count). The van der Waals surface area contributed by atoms with Gasteiger partial charge in [0.1, 0.15) is 11.9 Å². The summed E-state index contributed by atoms with van der Waals surface area (Å²) in [7, 11) is 0. The molecule has 1 N–H and O–H groups in total. The zero-order valence-corrected chi connectivity index (χ0v) is 15.5. The van der Waals surface area contributed by atoms with E-state index in [1.807, 2.05) is 36.2 Å². The maximum Gasteiger partial charge on any atom is 0.124 e. The first kappa shape index (κ1) is 17.4. The van der Waals surface area contributed by atoms with Crippen LogP contribution in [0.1, 0.15) is 31.2 Å². The Morgan fingerprint density at radius 1 is 1.04 bits per heavy atom. The molecule has 0 aliphatic heterocycles. The van der Waals surface area contributed by atoms with Crippen LogP contribution in [0.2, 0.25) is 0 Å². The number of aromatic nitrogens is 1. The Morgan fingerprint density at radius 2 is 1.96 bits per heavy atom. The van der Waals surface area contributed by atoms with Gasteiger partial charge >= 0.3 is 0 Å². The molecule has 1 heterocycles. The Hall–Kier alpha value is -2.04. The van der Waals surface area contributed by atoms with Gasteiger partial charge in [-0.3, -0.25) is 4.98 Å². The van der Waals surface area contributed by atoms with Gasteiger partial charge in [-0.05, 0) is 61.2 Å². The van der Waals surface area contributed by atoms with Crippen molar-refractivity contribution in [2.75, 3.05) is 0 Å². The Balaban J connectivity index is 1.41. The monoisotopic (exact) mass is 365 g/mol. The van der Waals surface area contributed by atoms with Crippen LogP contribution in [-0.2, 0) is 5.75 Å². The van der Waals surface area contributed by atoms with E-state index in [9.17, 15) is 5.11 Å². The van der Waals surface area contributed by atoms with Crippen molar-refractivity contribution >= 4 is 22.7 Å². The van der Waals surface area contributed by atoms with E-state index in [2.05, 4.69) is 41.4 Å². The molecule has 0 amide bonds. The number of aliphatic hydroxyl groups is 1. The highest BCUT2D eigenvalue weighted by atomic mass is 32.2. The third-order valence-electron chi connectivity index (χ3n) is 4.83. The van der Waals surface area contributed by atoms with Crippen molar-refractivity contribution in [3.8, 4) is 5.75 Å². The predicted molar refractivity (Wildman–Crippen MR) is 107 cm³/mol. The SMILES string of the molecule is OC1CCCCC1Oc1cccc(CSc2ccc3ncccc3c2)c1. The lowest BCUT2D eigenvalue weighted by molar-refractivity contribution is 0.00685. The molecule has 0 spiro atoms. The molecule has 1 aromatic heterocycles. The topological polar surface area (TPSA) is 42.4 Å². The molecule has 4 heteroatoms. The van der Waals surface area contributed by atoms with Gasteiger partial charge in [-0.2, -0.15) is 0 Å². The lowest BCUT2D eigenvalue weighted by Gasteiger charge is -2.28. The lowest BCUT2D eigenvalue weighted by Crippen LogP contribution is -2.34. The lowest BCUT2D eigenvalue weighted by atomic mass is 9.95. The summed E-state index contributed by atoms with van der Waals surface area (Å²) >= 11 is 1.81. The molecule has 2 unspecified atom stereocenters. The number of nitrogens with zero attached hydrogens (tertiary/aromatic N) is 1. The molecule has 2 aromatic carbocycles. The Bertz CT molecular complexity index is 883. The normalized spacial score (nSPS) is 20.2. The first-order valence-corrected chi connectivity index (χ1v) is 10.2. The molecule has 3 aromatic rings. The standard InChI is InChI=1S/C22H23NO2S/c24-21-8-1-2-9-22(21)25-18-7-3-5-16(13-18)15-26-19-10-11-20-17(14-19)6-4-12-23-20/h3-7,10-14,21-22,24H,1-2,8-9,15H2. The molecule has 0 saturated heterocycles. The first-order chi connectivity index (χ1) is 12.8. The van der Waals surface area contributed by atoms with Crippen LogP contribution < -0.4 is 4.74 Å². The second-order valence-corrected chi connectivity index (χ2v) is 7.85. The van der Waals surface area contributed by atoms with Crippen LogP contribution in [0, 0.1) is 0 Å². The van der Waals surface area contributed by atoms with E-state index in [-0.39, 0.29) is 12.2 Å². The summed E-state index contributed by atoms with van der Waals surface area (Å²) in [5, 5.41) is 11.3. The van der Waals surface area contributed by atoms with Gasteiger partial charge in [0.05, 0.1) is 11.6 Å². The number of pyridine rings is 1. The van der Waals surface area contributed by atoms with Gasteiger partial charge in [0.15, 0.2) is 0 Å². The molecular formula is C22H23NO2S.